The number of allylic oxidation sites excluding steroid dienone is 2. The highest BCUT2D eigenvalue weighted by atomic mass is 13.9. The molecule has 0 fully saturated rings. The third-order valence-corrected chi connectivity index (χ3v) is 2.87. The summed E-state index contributed by atoms with van der Waals surface area (Å²) in [5.74, 6) is 0. The van der Waals surface area contributed by atoms with E-state index in [9.17, 15) is 0 Å². The zero-order chi connectivity index (χ0) is 17.2. The summed E-state index contributed by atoms with van der Waals surface area (Å²) < 4.78 is 0. The summed E-state index contributed by atoms with van der Waals surface area (Å²) in [5.41, 5.74) is 2.47. The fourth-order valence-corrected chi connectivity index (χ4v) is 1.69. The fourth-order valence-electron chi connectivity index (χ4n) is 1.69. The first-order valence-corrected chi connectivity index (χ1v) is 8.24. The van der Waals surface area contributed by atoms with Gasteiger partial charge in [0.1, 0.15) is 0 Å². The summed E-state index contributed by atoms with van der Waals surface area (Å²) in [6.07, 6.45) is 11.8. The Kier molecular flexibility index (Phi) is 14.4. The minimum Gasteiger partial charge on any atom is -0.103 e. The monoisotopic (exact) mass is 306 g/mol. The van der Waals surface area contributed by atoms with Gasteiger partial charge in [0, 0.05) is 0 Å². The highest BCUT2D eigenvalue weighted by Gasteiger charge is 1.82. The zero-order valence-corrected chi connectivity index (χ0v) is 14.6. The first-order valence-electron chi connectivity index (χ1n) is 8.24. The molecule has 122 valence electrons. The van der Waals surface area contributed by atoms with Gasteiger partial charge < -0.3 is 0 Å². The standard InChI is InChI=1S/C12H16.C8H8.C3H6/c1-2-3-4-6-9-12-10-7-5-8-11-12;1-2-8-6-4-3-5-7-8;1-3-2/h5-11H,2-4H2,1H3;2-7H,1H2;3H,1H2,2H3. The van der Waals surface area contributed by atoms with Crippen LogP contribution < -0.4 is 0 Å². The Morgan fingerprint density at radius 1 is 0.826 bits per heavy atom. The first kappa shape index (κ1) is 20.7. The first-order chi connectivity index (χ1) is 11.3. The predicted octanol–water partition coefficient (Wildman–Crippen LogP) is 7.41. The normalized spacial score (nSPS) is 9.13. The van der Waals surface area contributed by atoms with Gasteiger partial charge in [0.25, 0.3) is 0 Å². The molecule has 0 spiro atoms. The van der Waals surface area contributed by atoms with Gasteiger partial charge in [0.2, 0.25) is 0 Å². The van der Waals surface area contributed by atoms with Crippen LogP contribution in [0.2, 0.25) is 0 Å². The largest absolute Gasteiger partial charge is 0.103 e. The lowest BCUT2D eigenvalue weighted by Crippen LogP contribution is -1.69. The Balaban J connectivity index is 0.000000379. The maximum Gasteiger partial charge on any atom is -0.0260 e. The second-order valence-electron chi connectivity index (χ2n) is 4.98. The lowest BCUT2D eigenvalue weighted by molar-refractivity contribution is 0.816. The van der Waals surface area contributed by atoms with Gasteiger partial charge in [-0.2, -0.15) is 0 Å². The van der Waals surface area contributed by atoms with E-state index in [2.05, 4.69) is 56.5 Å². The van der Waals surface area contributed by atoms with Crippen LogP contribution in [0.3, 0.4) is 0 Å². The Hall–Kier alpha value is -2.34. The van der Waals surface area contributed by atoms with Crippen molar-refractivity contribution in [1.29, 1.82) is 0 Å². The van der Waals surface area contributed by atoms with Crippen molar-refractivity contribution in [2.45, 2.75) is 33.1 Å². The SMILES string of the molecule is C=CC.C=Cc1ccccc1.CCCCC=Cc1ccccc1. The zero-order valence-electron chi connectivity index (χ0n) is 14.6. The van der Waals surface area contributed by atoms with Gasteiger partial charge in [-0.05, 0) is 24.5 Å². The van der Waals surface area contributed by atoms with E-state index in [0.717, 1.165) is 0 Å². The molecule has 0 heteroatoms. The Labute approximate surface area is 142 Å². The third-order valence-electron chi connectivity index (χ3n) is 2.87. The van der Waals surface area contributed by atoms with Gasteiger partial charge in [0.05, 0.1) is 0 Å². The minimum atomic E-state index is 1.17. The number of rotatable bonds is 5. The second-order valence-corrected chi connectivity index (χ2v) is 4.98. The molecule has 0 aliphatic heterocycles. The smallest absolute Gasteiger partial charge is 0.0260 e. The van der Waals surface area contributed by atoms with Crippen molar-refractivity contribution in [3.05, 3.63) is 97.1 Å². The van der Waals surface area contributed by atoms with Crippen molar-refractivity contribution < 1.29 is 0 Å². The van der Waals surface area contributed by atoms with Crippen LogP contribution in [0, 0.1) is 0 Å². The van der Waals surface area contributed by atoms with Gasteiger partial charge in [-0.3, -0.25) is 0 Å². The minimum absolute atomic E-state index is 1.17. The summed E-state index contributed by atoms with van der Waals surface area (Å²) in [6.45, 7) is 11.1. The van der Waals surface area contributed by atoms with Gasteiger partial charge in [-0.15, -0.1) is 6.58 Å². The Morgan fingerprint density at radius 3 is 1.70 bits per heavy atom. The lowest BCUT2D eigenvalue weighted by atomic mass is 10.2. The molecule has 2 rings (SSSR count). The number of unbranched alkanes of at least 4 members (excludes halogenated alkanes) is 2. The van der Waals surface area contributed by atoms with E-state index in [1.165, 1.54) is 30.4 Å². The van der Waals surface area contributed by atoms with Crippen LogP contribution in [0.25, 0.3) is 12.2 Å². The summed E-state index contributed by atoms with van der Waals surface area (Å²) >= 11 is 0. The van der Waals surface area contributed by atoms with E-state index < -0.39 is 0 Å². The van der Waals surface area contributed by atoms with Crippen LogP contribution >= 0.6 is 0 Å². The third kappa shape index (κ3) is 13.1. The highest BCUT2D eigenvalue weighted by molar-refractivity contribution is 5.48. The van der Waals surface area contributed by atoms with Crippen LogP contribution in [0.5, 0.6) is 0 Å². The van der Waals surface area contributed by atoms with Crippen molar-refractivity contribution >= 4 is 12.2 Å². The van der Waals surface area contributed by atoms with Crippen LogP contribution in [-0.2, 0) is 0 Å². The molecule has 0 amide bonds. The maximum absolute atomic E-state index is 3.63. The quantitative estimate of drug-likeness (QED) is 0.398. The molecular formula is C23H30. The van der Waals surface area contributed by atoms with Crippen LogP contribution in [0.1, 0.15) is 44.2 Å². The highest BCUT2D eigenvalue weighted by Crippen LogP contribution is 2.03. The van der Waals surface area contributed by atoms with E-state index in [4.69, 9.17) is 0 Å². The van der Waals surface area contributed by atoms with Crippen molar-refractivity contribution in [1.82, 2.24) is 0 Å². The molecule has 0 radical (unpaired) electrons. The molecule has 0 aliphatic rings. The number of hydrogen-bond donors (Lipinski definition) is 0. The van der Waals surface area contributed by atoms with Crippen molar-refractivity contribution in [2.75, 3.05) is 0 Å². The van der Waals surface area contributed by atoms with E-state index in [-0.39, 0.29) is 0 Å². The molecule has 0 aliphatic carbocycles. The molecule has 2 aromatic carbocycles. The molecule has 0 heterocycles. The molecule has 2 aromatic rings. The average molecular weight is 306 g/mol. The maximum atomic E-state index is 3.63. The fraction of sp³-hybridized carbons (Fsp3) is 0.217. The van der Waals surface area contributed by atoms with E-state index in [1.807, 2.05) is 49.4 Å². The summed E-state index contributed by atoms with van der Waals surface area (Å²) in [7, 11) is 0. The summed E-state index contributed by atoms with van der Waals surface area (Å²) in [6, 6.07) is 20.5. The van der Waals surface area contributed by atoms with Crippen molar-refractivity contribution in [3.63, 3.8) is 0 Å². The van der Waals surface area contributed by atoms with Gasteiger partial charge in [-0.25, -0.2) is 0 Å². The second kappa shape index (κ2) is 16.0. The molecule has 0 bridgehead atoms. The topological polar surface area (TPSA) is 0 Å². The average Bonchev–Trinajstić information content (AvgIpc) is 2.62. The molecule has 0 atom stereocenters. The molecule has 23 heavy (non-hydrogen) atoms. The molecule has 0 unspecified atom stereocenters. The van der Waals surface area contributed by atoms with Crippen LogP contribution in [0.4, 0.5) is 0 Å². The van der Waals surface area contributed by atoms with E-state index in [0.29, 0.717) is 0 Å². The van der Waals surface area contributed by atoms with Crippen molar-refractivity contribution in [2.24, 2.45) is 0 Å². The summed E-state index contributed by atoms with van der Waals surface area (Å²) in [4.78, 5) is 0. The van der Waals surface area contributed by atoms with Crippen LogP contribution in [0.15, 0.2) is 86.0 Å². The van der Waals surface area contributed by atoms with Crippen molar-refractivity contribution in [3.8, 4) is 0 Å². The molecular weight excluding hydrogens is 276 g/mol. The lowest BCUT2D eigenvalue weighted by Gasteiger charge is -1.91. The van der Waals surface area contributed by atoms with E-state index >= 15 is 0 Å². The summed E-state index contributed by atoms with van der Waals surface area (Å²) in [5, 5.41) is 0. The molecule has 0 saturated heterocycles. The van der Waals surface area contributed by atoms with E-state index in [1.54, 1.807) is 6.08 Å². The predicted molar refractivity (Wildman–Crippen MR) is 107 cm³/mol. The van der Waals surface area contributed by atoms with Gasteiger partial charge >= 0.3 is 0 Å². The molecule has 0 aromatic heterocycles. The van der Waals surface area contributed by atoms with Crippen LogP contribution in [-0.4, -0.2) is 0 Å². The van der Waals surface area contributed by atoms with Gasteiger partial charge in [0.15, 0.2) is 0 Å². The Bertz CT molecular complexity index is 520. The molecule has 0 nitrogen and oxygen atoms in total. The molecule has 0 N–H and O–H groups in total. The molecule has 0 saturated carbocycles. The Morgan fingerprint density at radius 2 is 1.30 bits per heavy atom. The van der Waals surface area contributed by atoms with Gasteiger partial charge in [-0.1, -0.05) is 111 Å². The number of hydrogen-bond acceptors (Lipinski definition) is 0. The number of benzene rings is 2.